The lowest BCUT2D eigenvalue weighted by Crippen LogP contribution is -2.43. The summed E-state index contributed by atoms with van der Waals surface area (Å²) in [4.78, 5) is 6.71. The number of imidazole rings is 1. The number of rotatable bonds is 5. The lowest BCUT2D eigenvalue weighted by Gasteiger charge is -2.40. The number of likely N-dealkylation sites (N-methyl/N-ethyl adjacent to an activating group) is 1. The van der Waals surface area contributed by atoms with E-state index in [1.807, 2.05) is 12.5 Å². The zero-order valence-corrected chi connectivity index (χ0v) is 11.1. The Kier molecular flexibility index (Phi) is 3.84. The van der Waals surface area contributed by atoms with Gasteiger partial charge in [-0.3, -0.25) is 4.90 Å². The van der Waals surface area contributed by atoms with Gasteiger partial charge in [0.05, 0.1) is 18.1 Å². The van der Waals surface area contributed by atoms with Crippen molar-refractivity contribution in [2.75, 3.05) is 13.6 Å². The topological polar surface area (TPSA) is 47.1 Å². The van der Waals surface area contributed by atoms with Crippen LogP contribution in [0.2, 0.25) is 0 Å². The van der Waals surface area contributed by atoms with E-state index in [4.69, 9.17) is 5.73 Å². The molecule has 0 spiro atoms. The molecule has 2 rings (SSSR count). The van der Waals surface area contributed by atoms with Gasteiger partial charge in [-0.1, -0.05) is 6.42 Å². The van der Waals surface area contributed by atoms with Gasteiger partial charge in [0.25, 0.3) is 0 Å². The highest BCUT2D eigenvalue weighted by molar-refractivity contribution is 5.08. The van der Waals surface area contributed by atoms with E-state index in [0.717, 1.165) is 0 Å². The molecule has 1 aromatic heterocycles. The van der Waals surface area contributed by atoms with Gasteiger partial charge in [-0.15, -0.1) is 0 Å². The monoisotopic (exact) mass is 236 g/mol. The van der Waals surface area contributed by atoms with Gasteiger partial charge in [-0.25, -0.2) is 4.98 Å². The van der Waals surface area contributed by atoms with E-state index in [0.29, 0.717) is 24.7 Å². The predicted molar refractivity (Wildman–Crippen MR) is 69.8 cm³/mol. The summed E-state index contributed by atoms with van der Waals surface area (Å²) in [6, 6.07) is 1.45. The second kappa shape index (κ2) is 5.19. The fourth-order valence-electron chi connectivity index (χ4n) is 2.55. The van der Waals surface area contributed by atoms with Crippen LogP contribution in [-0.4, -0.2) is 34.1 Å². The van der Waals surface area contributed by atoms with Gasteiger partial charge in [0.2, 0.25) is 0 Å². The molecule has 1 aliphatic rings. The fraction of sp³-hybridized carbons (Fsp3) is 0.769. The molecule has 0 bridgehead atoms. The Morgan fingerprint density at radius 2 is 2.24 bits per heavy atom. The summed E-state index contributed by atoms with van der Waals surface area (Å²) in [5.41, 5.74) is 7.21. The number of hydrogen-bond donors (Lipinski definition) is 1. The van der Waals surface area contributed by atoms with Crippen LogP contribution in [0, 0.1) is 0 Å². The molecule has 0 amide bonds. The molecular weight excluding hydrogens is 212 g/mol. The summed E-state index contributed by atoms with van der Waals surface area (Å²) >= 11 is 0. The Labute approximate surface area is 104 Å². The first kappa shape index (κ1) is 12.6. The van der Waals surface area contributed by atoms with Crippen LogP contribution in [0.25, 0.3) is 0 Å². The standard InChI is InChI=1S/C13H24N4/c1-10(2)17-9-15-8-13(17)12(7-14)16(3)11-5-4-6-11/h8-12H,4-7,14H2,1-3H3. The summed E-state index contributed by atoms with van der Waals surface area (Å²) in [7, 11) is 2.19. The van der Waals surface area contributed by atoms with Gasteiger partial charge in [0.1, 0.15) is 0 Å². The second-order valence-corrected chi connectivity index (χ2v) is 5.32. The van der Waals surface area contributed by atoms with E-state index in [1.54, 1.807) is 0 Å². The molecule has 1 heterocycles. The quantitative estimate of drug-likeness (QED) is 0.850. The number of nitrogens with zero attached hydrogens (tertiary/aromatic N) is 3. The van der Waals surface area contributed by atoms with Gasteiger partial charge >= 0.3 is 0 Å². The molecule has 1 fully saturated rings. The van der Waals surface area contributed by atoms with Gasteiger partial charge in [0.15, 0.2) is 0 Å². The molecule has 96 valence electrons. The Morgan fingerprint density at radius 3 is 2.71 bits per heavy atom. The van der Waals surface area contributed by atoms with E-state index in [2.05, 4.69) is 35.3 Å². The van der Waals surface area contributed by atoms with Crippen molar-refractivity contribution < 1.29 is 0 Å². The highest BCUT2D eigenvalue weighted by Crippen LogP contribution is 2.31. The van der Waals surface area contributed by atoms with Gasteiger partial charge < -0.3 is 10.3 Å². The van der Waals surface area contributed by atoms with Gasteiger partial charge in [0, 0.05) is 24.8 Å². The molecular formula is C13H24N4. The highest BCUT2D eigenvalue weighted by Gasteiger charge is 2.29. The molecule has 2 N–H and O–H groups in total. The summed E-state index contributed by atoms with van der Waals surface area (Å²) in [6.07, 6.45) is 7.85. The Morgan fingerprint density at radius 1 is 1.53 bits per heavy atom. The van der Waals surface area contributed by atoms with E-state index < -0.39 is 0 Å². The van der Waals surface area contributed by atoms with Crippen LogP contribution in [0.5, 0.6) is 0 Å². The average molecular weight is 236 g/mol. The molecule has 0 saturated heterocycles. The van der Waals surface area contributed by atoms with Crippen molar-refractivity contribution in [3.8, 4) is 0 Å². The Balaban J connectivity index is 2.18. The van der Waals surface area contributed by atoms with Crippen LogP contribution in [0.1, 0.15) is 50.9 Å². The van der Waals surface area contributed by atoms with Crippen molar-refractivity contribution in [1.29, 1.82) is 0 Å². The first-order valence-corrected chi connectivity index (χ1v) is 6.59. The lowest BCUT2D eigenvalue weighted by atomic mass is 9.90. The minimum absolute atomic E-state index is 0.296. The maximum atomic E-state index is 5.97. The van der Waals surface area contributed by atoms with E-state index >= 15 is 0 Å². The molecule has 1 aliphatic carbocycles. The molecule has 1 aromatic rings. The number of aromatic nitrogens is 2. The summed E-state index contributed by atoms with van der Waals surface area (Å²) in [6.45, 7) is 5.02. The first-order valence-electron chi connectivity index (χ1n) is 6.59. The normalized spacial score (nSPS) is 18.7. The predicted octanol–water partition coefficient (Wildman–Crippen LogP) is 1.95. The molecule has 17 heavy (non-hydrogen) atoms. The molecule has 1 atom stereocenters. The Bertz CT molecular complexity index is 354. The van der Waals surface area contributed by atoms with Crippen LogP contribution in [-0.2, 0) is 0 Å². The third-order valence-electron chi connectivity index (χ3n) is 3.96. The van der Waals surface area contributed by atoms with Crippen LogP contribution >= 0.6 is 0 Å². The van der Waals surface area contributed by atoms with Crippen molar-refractivity contribution in [1.82, 2.24) is 14.5 Å². The largest absolute Gasteiger partial charge is 0.331 e. The van der Waals surface area contributed by atoms with Crippen LogP contribution in [0.15, 0.2) is 12.5 Å². The zero-order valence-electron chi connectivity index (χ0n) is 11.1. The molecule has 0 aliphatic heterocycles. The molecule has 0 radical (unpaired) electrons. The number of nitrogens with two attached hydrogens (primary N) is 1. The fourth-order valence-corrected chi connectivity index (χ4v) is 2.55. The van der Waals surface area contributed by atoms with Crippen LogP contribution < -0.4 is 5.73 Å². The third kappa shape index (κ3) is 2.38. The van der Waals surface area contributed by atoms with Gasteiger partial charge in [-0.05, 0) is 33.7 Å². The van der Waals surface area contributed by atoms with Crippen LogP contribution in [0.4, 0.5) is 0 Å². The molecule has 4 nitrogen and oxygen atoms in total. The second-order valence-electron chi connectivity index (χ2n) is 5.32. The average Bonchev–Trinajstić information content (AvgIpc) is 2.65. The Hall–Kier alpha value is -0.870. The van der Waals surface area contributed by atoms with Crippen LogP contribution in [0.3, 0.4) is 0 Å². The highest BCUT2D eigenvalue weighted by atomic mass is 15.2. The minimum Gasteiger partial charge on any atom is -0.331 e. The van der Waals surface area contributed by atoms with E-state index in [1.165, 1.54) is 25.0 Å². The van der Waals surface area contributed by atoms with Crippen molar-refractivity contribution >= 4 is 0 Å². The molecule has 1 unspecified atom stereocenters. The van der Waals surface area contributed by atoms with Crippen molar-refractivity contribution in [3.63, 3.8) is 0 Å². The first-order chi connectivity index (χ1) is 8.15. The third-order valence-corrected chi connectivity index (χ3v) is 3.96. The molecule has 0 aromatic carbocycles. The van der Waals surface area contributed by atoms with Crippen molar-refractivity contribution in [3.05, 3.63) is 18.2 Å². The molecule has 4 heteroatoms. The summed E-state index contributed by atoms with van der Waals surface area (Å²) < 4.78 is 2.23. The molecule has 1 saturated carbocycles. The van der Waals surface area contributed by atoms with Crippen molar-refractivity contribution in [2.45, 2.75) is 51.2 Å². The van der Waals surface area contributed by atoms with E-state index in [9.17, 15) is 0 Å². The smallest absolute Gasteiger partial charge is 0.0951 e. The minimum atomic E-state index is 0.296. The maximum absolute atomic E-state index is 5.97. The lowest BCUT2D eigenvalue weighted by molar-refractivity contribution is 0.108. The van der Waals surface area contributed by atoms with E-state index in [-0.39, 0.29) is 0 Å². The van der Waals surface area contributed by atoms with Crippen molar-refractivity contribution in [2.24, 2.45) is 5.73 Å². The van der Waals surface area contributed by atoms with Gasteiger partial charge in [-0.2, -0.15) is 0 Å². The number of hydrogen-bond acceptors (Lipinski definition) is 3. The summed E-state index contributed by atoms with van der Waals surface area (Å²) in [5, 5.41) is 0. The summed E-state index contributed by atoms with van der Waals surface area (Å²) in [5.74, 6) is 0. The zero-order chi connectivity index (χ0) is 12.4. The maximum Gasteiger partial charge on any atom is 0.0951 e. The SMILES string of the molecule is CC(C)n1cncc1C(CN)N(C)C1CCC1.